The van der Waals surface area contributed by atoms with Gasteiger partial charge in [0.05, 0.1) is 19.9 Å². The van der Waals surface area contributed by atoms with Crippen molar-refractivity contribution < 1.29 is 14.3 Å². The lowest BCUT2D eigenvalue weighted by Crippen LogP contribution is -2.37. The molecule has 0 spiro atoms. The molecule has 1 atom stereocenters. The van der Waals surface area contributed by atoms with Crippen molar-refractivity contribution in [2.45, 2.75) is 24.9 Å². The SMILES string of the molecule is COc1ccc(-c2cc(C3CC3)nc3sc4c(c23)N[C@H](c2ccc(OC)cc2)NC4=O)cc1. The Balaban J connectivity index is 1.50. The number of benzene rings is 2. The maximum absolute atomic E-state index is 13.1. The maximum atomic E-state index is 13.1. The van der Waals surface area contributed by atoms with Crippen molar-refractivity contribution in [1.82, 2.24) is 10.3 Å². The summed E-state index contributed by atoms with van der Waals surface area (Å²) in [5.41, 5.74) is 5.10. The van der Waals surface area contributed by atoms with Gasteiger partial charge in [-0.15, -0.1) is 11.3 Å². The van der Waals surface area contributed by atoms with Crippen molar-refractivity contribution in [3.05, 3.63) is 70.7 Å². The molecule has 0 saturated heterocycles. The zero-order valence-corrected chi connectivity index (χ0v) is 19.2. The number of aromatic nitrogens is 1. The van der Waals surface area contributed by atoms with Crippen LogP contribution in [0.4, 0.5) is 5.69 Å². The van der Waals surface area contributed by atoms with Crippen LogP contribution in [0.5, 0.6) is 11.5 Å². The van der Waals surface area contributed by atoms with Crippen molar-refractivity contribution in [2.75, 3.05) is 19.5 Å². The fourth-order valence-corrected chi connectivity index (χ4v) is 5.41. The third-order valence-corrected chi connectivity index (χ3v) is 7.38. The van der Waals surface area contributed by atoms with E-state index in [1.807, 2.05) is 36.4 Å². The van der Waals surface area contributed by atoms with Gasteiger partial charge in [-0.1, -0.05) is 24.3 Å². The average Bonchev–Trinajstić information content (AvgIpc) is 3.64. The lowest BCUT2D eigenvalue weighted by molar-refractivity contribution is 0.0940. The number of hydrogen-bond acceptors (Lipinski definition) is 6. The first-order chi connectivity index (χ1) is 16.1. The van der Waals surface area contributed by atoms with Crippen molar-refractivity contribution in [3.8, 4) is 22.6 Å². The number of anilines is 1. The molecule has 0 radical (unpaired) electrons. The van der Waals surface area contributed by atoms with Gasteiger partial charge in [0, 0.05) is 17.0 Å². The molecule has 1 saturated carbocycles. The van der Waals surface area contributed by atoms with E-state index in [2.05, 4.69) is 28.8 Å². The molecule has 1 amide bonds. The fraction of sp³-hybridized carbons (Fsp3) is 0.231. The number of amides is 1. The molecular formula is C26H23N3O3S. The Labute approximate surface area is 195 Å². The summed E-state index contributed by atoms with van der Waals surface area (Å²) in [6, 6.07) is 18.0. The molecule has 6 rings (SSSR count). The van der Waals surface area contributed by atoms with Gasteiger partial charge in [-0.05, 0) is 59.9 Å². The third-order valence-electron chi connectivity index (χ3n) is 6.30. The van der Waals surface area contributed by atoms with E-state index in [9.17, 15) is 4.79 Å². The minimum Gasteiger partial charge on any atom is -0.497 e. The largest absolute Gasteiger partial charge is 0.497 e. The van der Waals surface area contributed by atoms with E-state index in [4.69, 9.17) is 14.5 Å². The van der Waals surface area contributed by atoms with E-state index < -0.39 is 0 Å². The van der Waals surface area contributed by atoms with Crippen LogP contribution in [-0.2, 0) is 0 Å². The van der Waals surface area contributed by atoms with Crippen LogP contribution < -0.4 is 20.1 Å². The predicted molar refractivity (Wildman–Crippen MR) is 130 cm³/mol. The molecule has 4 aromatic rings. The molecule has 1 aliphatic carbocycles. The molecule has 6 nitrogen and oxygen atoms in total. The summed E-state index contributed by atoms with van der Waals surface area (Å²) in [5, 5.41) is 7.66. The number of carbonyl (C=O) groups excluding carboxylic acids is 1. The van der Waals surface area contributed by atoms with Crippen LogP contribution in [0.3, 0.4) is 0 Å². The van der Waals surface area contributed by atoms with Gasteiger partial charge in [0.25, 0.3) is 5.91 Å². The molecule has 0 unspecified atom stereocenters. The van der Waals surface area contributed by atoms with Crippen molar-refractivity contribution in [2.24, 2.45) is 0 Å². The molecule has 1 aliphatic heterocycles. The highest BCUT2D eigenvalue weighted by atomic mass is 32.1. The monoisotopic (exact) mass is 457 g/mol. The summed E-state index contributed by atoms with van der Waals surface area (Å²) in [5.74, 6) is 2.03. The lowest BCUT2D eigenvalue weighted by atomic mass is 9.99. The van der Waals surface area contributed by atoms with Gasteiger partial charge in [0.1, 0.15) is 27.4 Å². The number of rotatable bonds is 5. The van der Waals surface area contributed by atoms with Crippen LogP contribution in [0.25, 0.3) is 21.3 Å². The van der Waals surface area contributed by atoms with Gasteiger partial charge in [-0.2, -0.15) is 0 Å². The summed E-state index contributed by atoms with van der Waals surface area (Å²) >= 11 is 1.46. The third kappa shape index (κ3) is 3.49. The highest BCUT2D eigenvalue weighted by Crippen LogP contribution is 2.47. The summed E-state index contributed by atoms with van der Waals surface area (Å²) in [6.45, 7) is 0. The Bertz CT molecular complexity index is 1360. The number of carbonyl (C=O) groups is 1. The number of thiophene rings is 1. The van der Waals surface area contributed by atoms with Crippen molar-refractivity contribution in [3.63, 3.8) is 0 Å². The van der Waals surface area contributed by atoms with Crippen LogP contribution in [0.15, 0.2) is 54.6 Å². The summed E-state index contributed by atoms with van der Waals surface area (Å²) in [4.78, 5) is 19.7. The number of nitrogens with one attached hydrogen (secondary N) is 2. The molecule has 33 heavy (non-hydrogen) atoms. The van der Waals surface area contributed by atoms with E-state index in [1.54, 1.807) is 14.2 Å². The molecule has 0 bridgehead atoms. The maximum Gasteiger partial charge on any atom is 0.265 e. The molecule has 2 aromatic heterocycles. The second-order valence-electron chi connectivity index (χ2n) is 8.41. The highest BCUT2D eigenvalue weighted by molar-refractivity contribution is 7.21. The highest BCUT2D eigenvalue weighted by Gasteiger charge is 2.32. The van der Waals surface area contributed by atoms with Gasteiger partial charge < -0.3 is 20.1 Å². The number of fused-ring (bicyclic) bond motifs is 3. The van der Waals surface area contributed by atoms with Crippen LogP contribution in [0, 0.1) is 0 Å². The first-order valence-corrected chi connectivity index (χ1v) is 11.8. The Morgan fingerprint density at radius 2 is 1.61 bits per heavy atom. The van der Waals surface area contributed by atoms with E-state index in [1.165, 1.54) is 24.2 Å². The molecule has 7 heteroatoms. The van der Waals surface area contributed by atoms with Crippen LogP contribution >= 0.6 is 11.3 Å². The normalized spacial score (nSPS) is 17.3. The smallest absolute Gasteiger partial charge is 0.265 e. The van der Waals surface area contributed by atoms with Crippen LogP contribution in [0.1, 0.15) is 45.9 Å². The lowest BCUT2D eigenvalue weighted by Gasteiger charge is -2.27. The van der Waals surface area contributed by atoms with E-state index >= 15 is 0 Å². The zero-order valence-electron chi connectivity index (χ0n) is 18.3. The van der Waals surface area contributed by atoms with Crippen molar-refractivity contribution in [1.29, 1.82) is 0 Å². The quantitative estimate of drug-likeness (QED) is 0.401. The minimum absolute atomic E-state index is 0.0822. The molecule has 3 heterocycles. The molecule has 2 N–H and O–H groups in total. The van der Waals surface area contributed by atoms with Gasteiger partial charge in [0.15, 0.2) is 0 Å². The number of methoxy groups -OCH3 is 2. The van der Waals surface area contributed by atoms with E-state index in [0.717, 1.165) is 49.8 Å². The van der Waals surface area contributed by atoms with Gasteiger partial charge in [0.2, 0.25) is 0 Å². The molecule has 2 aliphatic rings. The van der Waals surface area contributed by atoms with Gasteiger partial charge in [-0.3, -0.25) is 4.79 Å². The van der Waals surface area contributed by atoms with Gasteiger partial charge in [-0.25, -0.2) is 4.98 Å². The summed E-state index contributed by atoms with van der Waals surface area (Å²) < 4.78 is 10.6. The topological polar surface area (TPSA) is 72.5 Å². The van der Waals surface area contributed by atoms with E-state index in [-0.39, 0.29) is 12.1 Å². The Hall–Kier alpha value is -3.58. The first kappa shape index (κ1) is 20.1. The minimum atomic E-state index is -0.333. The standard InChI is InChI=1S/C26H23N3O3S/c1-31-17-9-5-14(6-10-17)19-13-20(15-3-4-15)27-26-21(19)22-23(33-26)25(30)29-24(28-22)16-7-11-18(32-2)12-8-16/h5-13,15,24,28H,3-4H2,1-2H3,(H,29,30)/t24-/m0/s1. The van der Waals surface area contributed by atoms with Crippen LogP contribution in [0.2, 0.25) is 0 Å². The Morgan fingerprint density at radius 1 is 0.939 bits per heavy atom. The molecule has 166 valence electrons. The molecule has 1 fully saturated rings. The number of pyridine rings is 1. The van der Waals surface area contributed by atoms with Crippen LogP contribution in [-0.4, -0.2) is 25.1 Å². The first-order valence-electron chi connectivity index (χ1n) is 11.0. The average molecular weight is 458 g/mol. The summed E-state index contributed by atoms with van der Waals surface area (Å²) in [6.07, 6.45) is 2.01. The number of ether oxygens (including phenoxy) is 2. The van der Waals surface area contributed by atoms with Crippen molar-refractivity contribution >= 4 is 33.1 Å². The number of nitrogens with zero attached hydrogens (tertiary/aromatic N) is 1. The fourth-order valence-electron chi connectivity index (χ4n) is 4.34. The second kappa shape index (κ2) is 7.78. The second-order valence-corrected chi connectivity index (χ2v) is 9.41. The Kier molecular flexibility index (Phi) is 4.73. The van der Waals surface area contributed by atoms with Gasteiger partial charge >= 0.3 is 0 Å². The van der Waals surface area contributed by atoms with E-state index in [0.29, 0.717) is 10.8 Å². The molecule has 2 aromatic carbocycles. The summed E-state index contributed by atoms with van der Waals surface area (Å²) in [7, 11) is 3.31. The predicted octanol–water partition coefficient (Wildman–Crippen LogP) is 5.71. The number of hydrogen-bond donors (Lipinski definition) is 2. The Morgan fingerprint density at radius 3 is 2.24 bits per heavy atom. The zero-order chi connectivity index (χ0) is 22.5. The molecular weight excluding hydrogens is 434 g/mol.